The molecule has 0 saturated carbocycles. The lowest BCUT2D eigenvalue weighted by atomic mass is 9.91. The average molecular weight is 238 g/mol. The van der Waals surface area contributed by atoms with Gasteiger partial charge in [-0.3, -0.25) is 0 Å². The highest BCUT2D eigenvalue weighted by Crippen LogP contribution is 2.27. The van der Waals surface area contributed by atoms with Crippen LogP contribution in [0, 0.1) is 0 Å². The van der Waals surface area contributed by atoms with E-state index in [9.17, 15) is 5.11 Å². The fourth-order valence-electron chi connectivity index (χ4n) is 2.05. The van der Waals surface area contributed by atoms with Crippen molar-refractivity contribution in [2.45, 2.75) is 18.9 Å². The lowest BCUT2D eigenvalue weighted by Crippen LogP contribution is -2.19. The third-order valence-electron chi connectivity index (χ3n) is 3.16. The Kier molecular flexibility index (Phi) is 3.63. The molecule has 18 heavy (non-hydrogen) atoms. The van der Waals surface area contributed by atoms with Gasteiger partial charge in [0.05, 0.1) is 5.60 Å². The Morgan fingerprint density at radius 3 is 2.11 bits per heavy atom. The molecule has 0 amide bonds. The highest BCUT2D eigenvalue weighted by Gasteiger charge is 2.20. The van der Waals surface area contributed by atoms with Crippen LogP contribution in [-0.2, 0) is 5.60 Å². The molecule has 0 spiro atoms. The van der Waals surface area contributed by atoms with Crippen molar-refractivity contribution in [1.29, 1.82) is 0 Å². The van der Waals surface area contributed by atoms with Crippen LogP contribution in [0.5, 0.6) is 0 Å². The van der Waals surface area contributed by atoms with Gasteiger partial charge in [-0.15, -0.1) is 6.58 Å². The molecule has 2 rings (SSSR count). The van der Waals surface area contributed by atoms with Gasteiger partial charge in [0.15, 0.2) is 0 Å². The van der Waals surface area contributed by atoms with Gasteiger partial charge in [-0.05, 0) is 30.0 Å². The zero-order valence-corrected chi connectivity index (χ0v) is 10.6. The molecule has 1 atom stereocenters. The molecule has 1 N–H and O–H groups in total. The van der Waals surface area contributed by atoms with E-state index >= 15 is 0 Å². The van der Waals surface area contributed by atoms with Gasteiger partial charge in [0.1, 0.15) is 0 Å². The molecule has 0 radical (unpaired) electrons. The molecule has 0 aliphatic heterocycles. The van der Waals surface area contributed by atoms with Crippen molar-refractivity contribution in [2.75, 3.05) is 0 Å². The Morgan fingerprint density at radius 2 is 1.56 bits per heavy atom. The van der Waals surface area contributed by atoms with Crippen LogP contribution < -0.4 is 0 Å². The SMILES string of the molecule is C=CCC(C)(O)c1ccc(-c2ccccc2)cc1. The Labute approximate surface area is 108 Å². The van der Waals surface area contributed by atoms with Crippen LogP contribution in [0.25, 0.3) is 11.1 Å². The summed E-state index contributed by atoms with van der Waals surface area (Å²) in [5.41, 5.74) is 2.43. The Balaban J connectivity index is 2.28. The lowest BCUT2D eigenvalue weighted by Gasteiger charge is -2.22. The molecule has 0 saturated heterocycles. The van der Waals surface area contributed by atoms with E-state index in [1.165, 1.54) is 5.56 Å². The van der Waals surface area contributed by atoms with E-state index in [-0.39, 0.29) is 0 Å². The van der Waals surface area contributed by atoms with Crippen molar-refractivity contribution in [3.8, 4) is 11.1 Å². The summed E-state index contributed by atoms with van der Waals surface area (Å²) in [6.45, 7) is 5.49. The minimum atomic E-state index is -0.836. The van der Waals surface area contributed by atoms with Gasteiger partial charge >= 0.3 is 0 Å². The molecule has 0 aliphatic carbocycles. The highest BCUT2D eigenvalue weighted by atomic mass is 16.3. The number of hydrogen-bond acceptors (Lipinski definition) is 1. The van der Waals surface area contributed by atoms with Crippen molar-refractivity contribution in [3.63, 3.8) is 0 Å². The number of rotatable bonds is 4. The van der Waals surface area contributed by atoms with Gasteiger partial charge in [0, 0.05) is 0 Å². The molecule has 0 aliphatic rings. The normalized spacial score (nSPS) is 13.9. The van der Waals surface area contributed by atoms with Crippen molar-refractivity contribution in [2.24, 2.45) is 0 Å². The van der Waals surface area contributed by atoms with Gasteiger partial charge in [0.25, 0.3) is 0 Å². The topological polar surface area (TPSA) is 20.2 Å². The third-order valence-corrected chi connectivity index (χ3v) is 3.16. The molecule has 1 unspecified atom stereocenters. The van der Waals surface area contributed by atoms with Gasteiger partial charge in [0.2, 0.25) is 0 Å². The lowest BCUT2D eigenvalue weighted by molar-refractivity contribution is 0.0606. The maximum atomic E-state index is 10.3. The predicted octanol–water partition coefficient (Wildman–Crippen LogP) is 4.14. The molecule has 2 aromatic carbocycles. The van der Waals surface area contributed by atoms with Crippen molar-refractivity contribution < 1.29 is 5.11 Å². The van der Waals surface area contributed by atoms with E-state index in [1.807, 2.05) is 49.4 Å². The summed E-state index contributed by atoms with van der Waals surface area (Å²) in [4.78, 5) is 0. The van der Waals surface area contributed by atoms with Crippen molar-refractivity contribution in [1.82, 2.24) is 0 Å². The first kappa shape index (κ1) is 12.6. The van der Waals surface area contributed by atoms with Crippen LogP contribution >= 0.6 is 0 Å². The Hall–Kier alpha value is -1.86. The number of aliphatic hydroxyl groups is 1. The van der Waals surface area contributed by atoms with E-state index in [0.29, 0.717) is 6.42 Å². The van der Waals surface area contributed by atoms with Crippen LogP contribution in [0.4, 0.5) is 0 Å². The molecule has 2 aromatic rings. The quantitative estimate of drug-likeness (QED) is 0.794. The monoisotopic (exact) mass is 238 g/mol. The van der Waals surface area contributed by atoms with Gasteiger partial charge < -0.3 is 5.11 Å². The molecule has 0 bridgehead atoms. The Morgan fingerprint density at radius 1 is 1.00 bits per heavy atom. The second kappa shape index (κ2) is 5.19. The first-order valence-corrected chi connectivity index (χ1v) is 6.13. The maximum Gasteiger partial charge on any atom is 0.0902 e. The summed E-state index contributed by atoms with van der Waals surface area (Å²) >= 11 is 0. The molecule has 0 fully saturated rings. The van der Waals surface area contributed by atoms with E-state index < -0.39 is 5.60 Å². The summed E-state index contributed by atoms with van der Waals surface area (Å²) in [6.07, 6.45) is 2.29. The molecule has 92 valence electrons. The van der Waals surface area contributed by atoms with Crippen LogP contribution in [0.2, 0.25) is 0 Å². The van der Waals surface area contributed by atoms with Crippen LogP contribution in [-0.4, -0.2) is 5.11 Å². The highest BCUT2D eigenvalue weighted by molar-refractivity contribution is 5.63. The second-order valence-electron chi connectivity index (χ2n) is 4.71. The largest absolute Gasteiger partial charge is 0.385 e. The third kappa shape index (κ3) is 2.69. The summed E-state index contributed by atoms with van der Waals surface area (Å²) in [7, 11) is 0. The van der Waals surface area contributed by atoms with E-state index in [2.05, 4.69) is 18.7 Å². The maximum absolute atomic E-state index is 10.3. The molecule has 0 heterocycles. The molecule has 0 aromatic heterocycles. The Bertz CT molecular complexity index is 509. The minimum Gasteiger partial charge on any atom is -0.385 e. The molecule has 1 heteroatoms. The number of hydrogen-bond donors (Lipinski definition) is 1. The van der Waals surface area contributed by atoms with Crippen molar-refractivity contribution >= 4 is 0 Å². The zero-order valence-electron chi connectivity index (χ0n) is 10.6. The summed E-state index contributed by atoms with van der Waals surface area (Å²) in [5, 5.41) is 10.3. The van der Waals surface area contributed by atoms with E-state index in [4.69, 9.17) is 0 Å². The summed E-state index contributed by atoms with van der Waals surface area (Å²) in [5.74, 6) is 0. The molecular weight excluding hydrogens is 220 g/mol. The fourth-order valence-corrected chi connectivity index (χ4v) is 2.05. The zero-order chi connectivity index (χ0) is 13.0. The van der Waals surface area contributed by atoms with Gasteiger partial charge in [-0.1, -0.05) is 60.7 Å². The predicted molar refractivity (Wildman–Crippen MR) is 76.3 cm³/mol. The van der Waals surface area contributed by atoms with Crippen LogP contribution in [0.3, 0.4) is 0 Å². The summed E-state index contributed by atoms with van der Waals surface area (Å²) in [6, 6.07) is 18.3. The standard InChI is InChI=1S/C17H18O/c1-3-13-17(2,18)16-11-9-15(10-12-16)14-7-5-4-6-8-14/h3-12,18H,1,13H2,2H3. The fraction of sp³-hybridized carbons (Fsp3) is 0.176. The second-order valence-corrected chi connectivity index (χ2v) is 4.71. The molecule has 1 nitrogen and oxygen atoms in total. The first-order valence-electron chi connectivity index (χ1n) is 6.13. The van der Waals surface area contributed by atoms with Crippen molar-refractivity contribution in [3.05, 3.63) is 72.8 Å². The van der Waals surface area contributed by atoms with Gasteiger partial charge in [-0.25, -0.2) is 0 Å². The smallest absolute Gasteiger partial charge is 0.0902 e. The van der Waals surface area contributed by atoms with E-state index in [1.54, 1.807) is 6.08 Å². The average Bonchev–Trinajstić information content (AvgIpc) is 2.40. The van der Waals surface area contributed by atoms with Crippen LogP contribution in [0.15, 0.2) is 67.3 Å². The van der Waals surface area contributed by atoms with E-state index in [0.717, 1.165) is 11.1 Å². The van der Waals surface area contributed by atoms with Gasteiger partial charge in [-0.2, -0.15) is 0 Å². The first-order chi connectivity index (χ1) is 8.63. The van der Waals surface area contributed by atoms with Crippen LogP contribution in [0.1, 0.15) is 18.9 Å². The summed E-state index contributed by atoms with van der Waals surface area (Å²) < 4.78 is 0. The number of benzene rings is 2. The molecular formula is C17H18O. The minimum absolute atomic E-state index is 0.553.